The van der Waals surface area contributed by atoms with E-state index in [0.29, 0.717) is 36.0 Å². The summed E-state index contributed by atoms with van der Waals surface area (Å²) in [4.78, 5) is 23.6. The van der Waals surface area contributed by atoms with E-state index >= 15 is 0 Å². The molecule has 0 saturated carbocycles. The van der Waals surface area contributed by atoms with Gasteiger partial charge in [0.05, 0.1) is 13.2 Å². The Labute approximate surface area is 160 Å². The average molecular weight is 367 g/mol. The largest absolute Gasteiger partial charge is 0.490 e. The van der Waals surface area contributed by atoms with Crippen LogP contribution in [0.25, 0.3) is 6.08 Å². The number of rotatable bonds is 9. The topological polar surface area (TPSA) is 64.6 Å². The van der Waals surface area contributed by atoms with Gasteiger partial charge in [0.1, 0.15) is 0 Å². The lowest BCUT2D eigenvalue weighted by molar-refractivity contribution is -0.111. The standard InChI is InChI=1S/C22H25NO4/c1-4-13-27-20-11-9-17(14-21(20)26-5-2)10-12-22(25)23-19-8-6-7-18(15-19)16(3)24/h6-12,14-15H,4-5,13H2,1-3H3,(H,23,25)/b12-10+. The predicted molar refractivity (Wildman–Crippen MR) is 108 cm³/mol. The second-order valence-electron chi connectivity index (χ2n) is 5.95. The zero-order valence-corrected chi connectivity index (χ0v) is 16.0. The first kappa shape index (κ1) is 20.2. The predicted octanol–water partition coefficient (Wildman–Crippen LogP) is 4.73. The van der Waals surface area contributed by atoms with Gasteiger partial charge in [-0.15, -0.1) is 0 Å². The number of benzene rings is 2. The first-order valence-electron chi connectivity index (χ1n) is 9.03. The normalized spacial score (nSPS) is 10.6. The molecule has 2 rings (SSSR count). The van der Waals surface area contributed by atoms with Crippen molar-refractivity contribution >= 4 is 23.5 Å². The van der Waals surface area contributed by atoms with E-state index in [1.807, 2.05) is 32.0 Å². The molecule has 0 aliphatic carbocycles. The van der Waals surface area contributed by atoms with Gasteiger partial charge >= 0.3 is 0 Å². The Morgan fingerprint density at radius 1 is 1.04 bits per heavy atom. The fourth-order valence-corrected chi connectivity index (χ4v) is 2.40. The molecule has 0 spiro atoms. The maximum atomic E-state index is 12.1. The van der Waals surface area contributed by atoms with Gasteiger partial charge in [-0.3, -0.25) is 9.59 Å². The molecule has 0 aliphatic rings. The molecule has 0 radical (unpaired) electrons. The molecule has 0 heterocycles. The maximum Gasteiger partial charge on any atom is 0.248 e. The van der Waals surface area contributed by atoms with E-state index in [2.05, 4.69) is 5.32 Å². The van der Waals surface area contributed by atoms with Crippen LogP contribution in [-0.2, 0) is 4.79 Å². The van der Waals surface area contributed by atoms with E-state index in [1.54, 1.807) is 30.3 Å². The van der Waals surface area contributed by atoms with Crippen LogP contribution in [0.15, 0.2) is 48.5 Å². The molecule has 0 fully saturated rings. The highest BCUT2D eigenvalue weighted by molar-refractivity contribution is 6.03. The highest BCUT2D eigenvalue weighted by Crippen LogP contribution is 2.29. The summed E-state index contributed by atoms with van der Waals surface area (Å²) in [6.45, 7) is 6.60. The van der Waals surface area contributed by atoms with E-state index in [9.17, 15) is 9.59 Å². The minimum absolute atomic E-state index is 0.0459. The molecule has 0 unspecified atom stereocenters. The van der Waals surface area contributed by atoms with Crippen molar-refractivity contribution in [1.82, 2.24) is 0 Å². The van der Waals surface area contributed by atoms with Gasteiger partial charge in [-0.2, -0.15) is 0 Å². The number of carbonyl (C=O) groups excluding carboxylic acids is 2. The van der Waals surface area contributed by atoms with E-state index in [-0.39, 0.29) is 11.7 Å². The van der Waals surface area contributed by atoms with Crippen LogP contribution in [-0.4, -0.2) is 24.9 Å². The molecule has 2 aromatic rings. The summed E-state index contributed by atoms with van der Waals surface area (Å²) < 4.78 is 11.3. The fourth-order valence-electron chi connectivity index (χ4n) is 2.40. The number of ketones is 1. The Morgan fingerprint density at radius 3 is 2.56 bits per heavy atom. The van der Waals surface area contributed by atoms with Gasteiger partial charge in [0.2, 0.25) is 5.91 Å². The fraction of sp³-hybridized carbons (Fsp3) is 0.273. The molecule has 2 aromatic carbocycles. The minimum atomic E-state index is -0.278. The highest BCUT2D eigenvalue weighted by atomic mass is 16.5. The molecule has 0 saturated heterocycles. The van der Waals surface area contributed by atoms with Crippen LogP contribution in [0.3, 0.4) is 0 Å². The smallest absolute Gasteiger partial charge is 0.248 e. The molecule has 27 heavy (non-hydrogen) atoms. The molecule has 0 aliphatic heterocycles. The van der Waals surface area contributed by atoms with E-state index in [0.717, 1.165) is 12.0 Å². The summed E-state index contributed by atoms with van der Waals surface area (Å²) in [6, 6.07) is 12.4. The Balaban J connectivity index is 2.07. The van der Waals surface area contributed by atoms with Crippen LogP contribution in [0.2, 0.25) is 0 Å². The molecular formula is C22H25NO4. The Kier molecular flexibility index (Phi) is 7.62. The minimum Gasteiger partial charge on any atom is -0.490 e. The SMILES string of the molecule is CCCOc1ccc(/C=C/C(=O)Nc2cccc(C(C)=O)c2)cc1OCC. The van der Waals surface area contributed by atoms with Gasteiger partial charge in [0.15, 0.2) is 17.3 Å². The summed E-state index contributed by atoms with van der Waals surface area (Å²) in [6.07, 6.45) is 4.06. The van der Waals surface area contributed by atoms with Crippen LogP contribution in [0.5, 0.6) is 11.5 Å². The van der Waals surface area contributed by atoms with Gasteiger partial charge in [0, 0.05) is 17.3 Å². The summed E-state index contributed by atoms with van der Waals surface area (Å²) in [5.41, 5.74) is 1.96. The number of hydrogen-bond acceptors (Lipinski definition) is 4. The Bertz CT molecular complexity index is 827. The third-order valence-electron chi connectivity index (χ3n) is 3.69. The highest BCUT2D eigenvalue weighted by Gasteiger charge is 2.06. The van der Waals surface area contributed by atoms with Crippen LogP contribution in [0.1, 0.15) is 43.1 Å². The molecule has 0 aromatic heterocycles. The van der Waals surface area contributed by atoms with Gasteiger partial charge in [-0.1, -0.05) is 25.1 Å². The molecule has 1 amide bonds. The Morgan fingerprint density at radius 2 is 1.85 bits per heavy atom. The lowest BCUT2D eigenvalue weighted by atomic mass is 10.1. The number of amides is 1. The monoisotopic (exact) mass is 367 g/mol. The van der Waals surface area contributed by atoms with Crippen LogP contribution in [0, 0.1) is 0 Å². The molecule has 0 atom stereocenters. The van der Waals surface area contributed by atoms with Crippen molar-refractivity contribution in [3.63, 3.8) is 0 Å². The molecule has 5 nitrogen and oxygen atoms in total. The van der Waals surface area contributed by atoms with Crippen molar-refractivity contribution in [1.29, 1.82) is 0 Å². The average Bonchev–Trinajstić information content (AvgIpc) is 2.66. The lowest BCUT2D eigenvalue weighted by Crippen LogP contribution is -2.08. The summed E-state index contributed by atoms with van der Waals surface area (Å²) >= 11 is 0. The summed E-state index contributed by atoms with van der Waals surface area (Å²) in [7, 11) is 0. The maximum absolute atomic E-state index is 12.1. The number of Topliss-reactive ketones (excluding diaryl/α,β-unsaturated/α-hetero) is 1. The molecule has 142 valence electrons. The van der Waals surface area contributed by atoms with Crippen LogP contribution >= 0.6 is 0 Å². The van der Waals surface area contributed by atoms with Gasteiger partial charge < -0.3 is 14.8 Å². The van der Waals surface area contributed by atoms with Crippen LogP contribution in [0.4, 0.5) is 5.69 Å². The number of carbonyl (C=O) groups is 2. The molecule has 0 bridgehead atoms. The quantitative estimate of drug-likeness (QED) is 0.514. The number of hydrogen-bond donors (Lipinski definition) is 1. The molecular weight excluding hydrogens is 342 g/mol. The van der Waals surface area contributed by atoms with Crippen molar-refractivity contribution in [3.8, 4) is 11.5 Å². The zero-order valence-electron chi connectivity index (χ0n) is 16.0. The van der Waals surface area contributed by atoms with E-state index in [1.165, 1.54) is 13.0 Å². The van der Waals surface area contributed by atoms with Crippen molar-refractivity contribution in [3.05, 3.63) is 59.7 Å². The summed E-state index contributed by atoms with van der Waals surface area (Å²) in [5, 5.41) is 2.75. The first-order valence-corrected chi connectivity index (χ1v) is 9.03. The second-order valence-corrected chi connectivity index (χ2v) is 5.95. The molecule has 5 heteroatoms. The second kappa shape index (κ2) is 10.2. The van der Waals surface area contributed by atoms with E-state index < -0.39 is 0 Å². The number of anilines is 1. The Hall–Kier alpha value is -3.08. The lowest BCUT2D eigenvalue weighted by Gasteiger charge is -2.12. The molecule has 1 N–H and O–H groups in total. The third-order valence-corrected chi connectivity index (χ3v) is 3.69. The van der Waals surface area contributed by atoms with Crippen molar-refractivity contribution < 1.29 is 19.1 Å². The van der Waals surface area contributed by atoms with Gasteiger partial charge in [-0.25, -0.2) is 0 Å². The van der Waals surface area contributed by atoms with E-state index in [4.69, 9.17) is 9.47 Å². The summed E-state index contributed by atoms with van der Waals surface area (Å²) in [5.74, 6) is 1.03. The first-order chi connectivity index (χ1) is 13.0. The van der Waals surface area contributed by atoms with Crippen LogP contribution < -0.4 is 14.8 Å². The zero-order chi connectivity index (χ0) is 19.6. The van der Waals surface area contributed by atoms with Crippen molar-refractivity contribution in [2.45, 2.75) is 27.2 Å². The van der Waals surface area contributed by atoms with Crippen molar-refractivity contribution in [2.75, 3.05) is 18.5 Å². The number of ether oxygens (including phenoxy) is 2. The number of nitrogens with one attached hydrogen (secondary N) is 1. The van der Waals surface area contributed by atoms with Crippen molar-refractivity contribution in [2.24, 2.45) is 0 Å². The van der Waals surface area contributed by atoms with Gasteiger partial charge in [-0.05, 0) is 56.2 Å². The van der Waals surface area contributed by atoms with Gasteiger partial charge in [0.25, 0.3) is 0 Å². The third kappa shape index (κ3) is 6.29.